The average Bonchev–Trinajstić information content (AvgIpc) is 3.09. The van der Waals surface area contributed by atoms with Gasteiger partial charge in [0.25, 0.3) is 0 Å². The normalized spacial score (nSPS) is 11.3. The second kappa shape index (κ2) is 8.97. The molecule has 1 heterocycles. The van der Waals surface area contributed by atoms with E-state index >= 15 is 0 Å². The van der Waals surface area contributed by atoms with Crippen LogP contribution in [0.5, 0.6) is 0 Å². The molecule has 29 heavy (non-hydrogen) atoms. The lowest BCUT2D eigenvalue weighted by molar-refractivity contribution is -0.137. The Labute approximate surface area is 175 Å². The summed E-state index contributed by atoms with van der Waals surface area (Å²) >= 11 is 7.83. The van der Waals surface area contributed by atoms with Crippen LogP contribution in [0.1, 0.15) is 11.1 Å². The smallest absolute Gasteiger partial charge is 0.308 e. The standard InChI is InChI=1S/C17H11ClF4N4OS2/c18-12-6-5-10(7-11(12)17(20,21)22)23-14(27)24-15-25-26-16(29-15)28-8-9-3-1-2-4-13(9)19/h1-7H,8H2,(H2,23,24,25,27). The number of nitrogens with zero attached hydrogens (tertiary/aromatic N) is 2. The van der Waals surface area contributed by atoms with E-state index in [4.69, 9.17) is 11.6 Å². The zero-order chi connectivity index (χ0) is 21.0. The number of carbonyl (C=O) groups is 1. The van der Waals surface area contributed by atoms with Crippen LogP contribution in [0.4, 0.5) is 33.2 Å². The molecule has 0 saturated heterocycles. The Bertz CT molecular complexity index is 1030. The van der Waals surface area contributed by atoms with Crippen molar-refractivity contribution < 1.29 is 22.4 Å². The van der Waals surface area contributed by atoms with E-state index in [2.05, 4.69) is 20.8 Å². The van der Waals surface area contributed by atoms with E-state index < -0.39 is 22.8 Å². The molecule has 0 aliphatic rings. The van der Waals surface area contributed by atoms with E-state index in [9.17, 15) is 22.4 Å². The van der Waals surface area contributed by atoms with Crippen molar-refractivity contribution in [3.8, 4) is 0 Å². The highest BCUT2D eigenvalue weighted by Gasteiger charge is 2.33. The third kappa shape index (κ3) is 5.81. The Morgan fingerprint density at radius 3 is 2.62 bits per heavy atom. The molecule has 12 heteroatoms. The Hall–Kier alpha value is -2.37. The van der Waals surface area contributed by atoms with Crippen LogP contribution in [-0.4, -0.2) is 16.2 Å². The minimum absolute atomic E-state index is 0.0853. The maximum absolute atomic E-state index is 13.6. The predicted molar refractivity (Wildman–Crippen MR) is 105 cm³/mol. The topological polar surface area (TPSA) is 66.9 Å². The number of hydrogen-bond acceptors (Lipinski definition) is 5. The summed E-state index contributed by atoms with van der Waals surface area (Å²) in [5.41, 5.74) is -0.638. The van der Waals surface area contributed by atoms with Gasteiger partial charge in [-0.15, -0.1) is 10.2 Å². The number of hydrogen-bond donors (Lipinski definition) is 2. The number of halogens is 5. The molecule has 3 rings (SSSR count). The number of anilines is 2. The molecule has 0 fully saturated rings. The summed E-state index contributed by atoms with van der Waals surface area (Å²) in [6.07, 6.45) is -4.64. The Kier molecular flexibility index (Phi) is 6.60. The van der Waals surface area contributed by atoms with Gasteiger partial charge < -0.3 is 5.32 Å². The van der Waals surface area contributed by atoms with Crippen LogP contribution in [0, 0.1) is 5.82 Å². The fraction of sp³-hybridized carbons (Fsp3) is 0.118. The van der Waals surface area contributed by atoms with E-state index in [-0.39, 0.29) is 16.6 Å². The zero-order valence-electron chi connectivity index (χ0n) is 14.3. The highest BCUT2D eigenvalue weighted by molar-refractivity contribution is 8.00. The van der Waals surface area contributed by atoms with E-state index in [1.807, 2.05) is 0 Å². The van der Waals surface area contributed by atoms with Gasteiger partial charge in [0, 0.05) is 11.4 Å². The number of thioether (sulfide) groups is 1. The summed E-state index contributed by atoms with van der Waals surface area (Å²) < 4.78 is 52.8. The summed E-state index contributed by atoms with van der Waals surface area (Å²) in [5.74, 6) is 0.00169. The summed E-state index contributed by atoms with van der Waals surface area (Å²) in [4.78, 5) is 12.0. The molecule has 2 amide bonds. The Morgan fingerprint density at radius 1 is 1.14 bits per heavy atom. The van der Waals surface area contributed by atoms with Gasteiger partial charge in [-0.1, -0.05) is 52.9 Å². The maximum atomic E-state index is 13.6. The molecule has 0 radical (unpaired) electrons. The molecule has 5 nitrogen and oxygen atoms in total. The van der Waals surface area contributed by atoms with Crippen LogP contribution in [-0.2, 0) is 11.9 Å². The fourth-order valence-corrected chi connectivity index (χ4v) is 4.11. The largest absolute Gasteiger partial charge is 0.417 e. The van der Waals surface area contributed by atoms with Crippen LogP contribution in [0.15, 0.2) is 46.8 Å². The van der Waals surface area contributed by atoms with Gasteiger partial charge >= 0.3 is 12.2 Å². The fourth-order valence-electron chi connectivity index (χ4n) is 2.15. The van der Waals surface area contributed by atoms with Crippen LogP contribution in [0.2, 0.25) is 5.02 Å². The number of nitrogens with one attached hydrogen (secondary N) is 2. The SMILES string of the molecule is O=C(Nc1ccc(Cl)c(C(F)(F)F)c1)Nc1nnc(SCc2ccccc2F)s1. The molecule has 0 saturated carbocycles. The molecule has 2 aromatic carbocycles. The molecule has 0 aliphatic heterocycles. The van der Waals surface area contributed by atoms with Crippen LogP contribution in [0.25, 0.3) is 0 Å². The van der Waals surface area contributed by atoms with E-state index in [0.29, 0.717) is 15.7 Å². The Morgan fingerprint density at radius 2 is 1.90 bits per heavy atom. The van der Waals surface area contributed by atoms with E-state index in [1.165, 1.54) is 23.9 Å². The minimum Gasteiger partial charge on any atom is -0.308 e. The van der Waals surface area contributed by atoms with Crippen molar-refractivity contribution in [1.29, 1.82) is 0 Å². The molecule has 3 aromatic rings. The lowest BCUT2D eigenvalue weighted by Gasteiger charge is -2.11. The molecule has 0 bridgehead atoms. The molecule has 152 valence electrons. The minimum atomic E-state index is -4.64. The van der Waals surface area contributed by atoms with Crippen LogP contribution >= 0.6 is 34.7 Å². The number of rotatable bonds is 5. The van der Waals surface area contributed by atoms with Gasteiger partial charge in [-0.2, -0.15) is 13.2 Å². The second-order valence-electron chi connectivity index (χ2n) is 5.52. The maximum Gasteiger partial charge on any atom is 0.417 e. The summed E-state index contributed by atoms with van der Waals surface area (Å²) in [5, 5.41) is 12.0. The van der Waals surface area contributed by atoms with Gasteiger partial charge in [0.2, 0.25) is 5.13 Å². The molecule has 0 aliphatic carbocycles. The average molecular weight is 463 g/mol. The van der Waals surface area contributed by atoms with Crippen molar-refractivity contribution in [2.45, 2.75) is 16.3 Å². The third-order valence-corrected chi connectivity index (χ3v) is 5.82. The number of carbonyl (C=O) groups excluding carboxylic acids is 1. The van der Waals surface area contributed by atoms with E-state index in [1.54, 1.807) is 18.2 Å². The molecule has 0 unspecified atom stereocenters. The summed E-state index contributed by atoms with van der Waals surface area (Å²) in [6, 6.07) is 8.55. The van der Waals surface area contributed by atoms with Gasteiger partial charge in [0.05, 0.1) is 10.6 Å². The summed E-state index contributed by atoms with van der Waals surface area (Å²) in [7, 11) is 0. The van der Waals surface area contributed by atoms with Crippen molar-refractivity contribution in [1.82, 2.24) is 10.2 Å². The van der Waals surface area contributed by atoms with E-state index in [0.717, 1.165) is 23.5 Å². The molecular formula is C17H11ClF4N4OS2. The molecule has 0 atom stereocenters. The first-order valence-corrected chi connectivity index (χ1v) is 10.0. The highest BCUT2D eigenvalue weighted by Crippen LogP contribution is 2.36. The third-order valence-electron chi connectivity index (χ3n) is 3.47. The molecule has 0 spiro atoms. The Balaban J connectivity index is 1.59. The predicted octanol–water partition coefficient (Wildman–Crippen LogP) is 6.29. The monoisotopic (exact) mass is 462 g/mol. The molecular weight excluding hydrogens is 452 g/mol. The lowest BCUT2D eigenvalue weighted by atomic mass is 10.2. The number of urea groups is 1. The number of alkyl halides is 3. The first-order valence-electron chi connectivity index (χ1n) is 7.87. The van der Waals surface area contributed by atoms with Crippen molar-refractivity contribution in [3.05, 3.63) is 64.4 Å². The number of benzene rings is 2. The van der Waals surface area contributed by atoms with Crippen molar-refractivity contribution in [2.75, 3.05) is 10.6 Å². The zero-order valence-corrected chi connectivity index (χ0v) is 16.6. The van der Waals surface area contributed by atoms with Crippen molar-refractivity contribution in [3.63, 3.8) is 0 Å². The van der Waals surface area contributed by atoms with Gasteiger partial charge in [-0.3, -0.25) is 5.32 Å². The molecule has 2 N–H and O–H groups in total. The second-order valence-corrected chi connectivity index (χ2v) is 8.13. The van der Waals surface area contributed by atoms with Crippen LogP contribution in [0.3, 0.4) is 0 Å². The van der Waals surface area contributed by atoms with Gasteiger partial charge in [0.15, 0.2) is 4.34 Å². The first kappa shape index (κ1) is 21.3. The first-order chi connectivity index (χ1) is 13.7. The quantitative estimate of drug-likeness (QED) is 0.266. The van der Waals surface area contributed by atoms with Crippen molar-refractivity contribution >= 4 is 51.5 Å². The van der Waals surface area contributed by atoms with Gasteiger partial charge in [-0.25, -0.2) is 9.18 Å². The lowest BCUT2D eigenvalue weighted by Crippen LogP contribution is -2.19. The van der Waals surface area contributed by atoms with Crippen LogP contribution < -0.4 is 10.6 Å². The number of amides is 2. The van der Waals surface area contributed by atoms with Gasteiger partial charge in [-0.05, 0) is 29.8 Å². The van der Waals surface area contributed by atoms with Crippen molar-refractivity contribution in [2.24, 2.45) is 0 Å². The van der Waals surface area contributed by atoms with Gasteiger partial charge in [0.1, 0.15) is 5.82 Å². The highest BCUT2D eigenvalue weighted by atomic mass is 35.5. The number of aromatic nitrogens is 2. The molecule has 1 aromatic heterocycles. The summed E-state index contributed by atoms with van der Waals surface area (Å²) in [6.45, 7) is 0.